The predicted molar refractivity (Wildman–Crippen MR) is 92.4 cm³/mol. The third-order valence-electron chi connectivity index (χ3n) is 3.49. The number of carbonyl (C=O) groups excluding carboxylic acids is 2. The average molecular weight is 359 g/mol. The van der Waals surface area contributed by atoms with Gasteiger partial charge in [-0.05, 0) is 41.6 Å². The lowest BCUT2D eigenvalue weighted by molar-refractivity contribution is -0.115. The largest absolute Gasteiger partial charge is 0.491 e. The molecule has 1 atom stereocenters. The van der Waals surface area contributed by atoms with Gasteiger partial charge in [-0.25, -0.2) is 4.39 Å². The van der Waals surface area contributed by atoms with Crippen LogP contribution in [0.5, 0.6) is 5.75 Å². The van der Waals surface area contributed by atoms with Crippen molar-refractivity contribution >= 4 is 29.0 Å². The van der Waals surface area contributed by atoms with Crippen molar-refractivity contribution in [3.8, 4) is 5.75 Å². The molecule has 0 saturated carbocycles. The van der Waals surface area contributed by atoms with Gasteiger partial charge < -0.3 is 9.84 Å². The first kappa shape index (κ1) is 17.2. The Morgan fingerprint density at radius 3 is 2.52 bits per heavy atom. The van der Waals surface area contributed by atoms with Gasteiger partial charge in [-0.15, -0.1) is 0 Å². The number of hydrogen-bond acceptors (Lipinski definition) is 5. The standard InChI is InChI=1S/C18H14FNO4S/c19-14-4-2-1-3-13(14)15(21)10-24-12-7-5-11(6-8-12)9-16-17(22)20-18(23)25-16/h1-9,15,21H,10H2,(H,20,22,23). The SMILES string of the molecule is O=C1NC(=O)C(=Cc2ccc(OCC(O)c3ccccc3F)cc2)S1. The van der Waals surface area contributed by atoms with Crippen LogP contribution in [-0.4, -0.2) is 22.9 Å². The maximum absolute atomic E-state index is 13.6. The second-order valence-corrected chi connectivity index (χ2v) is 6.28. The Morgan fingerprint density at radius 1 is 1.16 bits per heavy atom. The first-order valence-electron chi connectivity index (χ1n) is 7.43. The summed E-state index contributed by atoms with van der Waals surface area (Å²) in [6, 6.07) is 12.7. The normalized spacial score (nSPS) is 16.8. The van der Waals surface area contributed by atoms with Gasteiger partial charge in [0.25, 0.3) is 11.1 Å². The number of halogens is 1. The minimum Gasteiger partial charge on any atom is -0.491 e. The molecule has 1 unspecified atom stereocenters. The number of hydrogen-bond donors (Lipinski definition) is 2. The first-order valence-corrected chi connectivity index (χ1v) is 8.25. The van der Waals surface area contributed by atoms with E-state index in [1.54, 1.807) is 42.5 Å². The molecule has 0 radical (unpaired) electrons. The van der Waals surface area contributed by atoms with Gasteiger partial charge in [0, 0.05) is 5.56 Å². The highest BCUT2D eigenvalue weighted by Gasteiger charge is 2.24. The molecule has 0 bridgehead atoms. The van der Waals surface area contributed by atoms with Crippen LogP contribution >= 0.6 is 11.8 Å². The molecule has 128 valence electrons. The van der Waals surface area contributed by atoms with E-state index in [-0.39, 0.29) is 12.2 Å². The summed E-state index contributed by atoms with van der Waals surface area (Å²) in [5.74, 6) is -0.400. The number of ether oxygens (including phenoxy) is 1. The van der Waals surface area contributed by atoms with E-state index in [0.717, 1.165) is 17.3 Å². The van der Waals surface area contributed by atoms with Crippen molar-refractivity contribution in [3.63, 3.8) is 0 Å². The van der Waals surface area contributed by atoms with Crippen LogP contribution in [0.25, 0.3) is 6.08 Å². The number of carbonyl (C=O) groups is 2. The van der Waals surface area contributed by atoms with Crippen LogP contribution < -0.4 is 10.1 Å². The van der Waals surface area contributed by atoms with Crippen molar-refractivity contribution in [1.82, 2.24) is 5.32 Å². The Hall–Kier alpha value is -2.64. The van der Waals surface area contributed by atoms with Crippen LogP contribution in [0.15, 0.2) is 53.4 Å². The number of nitrogens with one attached hydrogen (secondary N) is 1. The van der Waals surface area contributed by atoms with Crippen molar-refractivity contribution in [2.24, 2.45) is 0 Å². The van der Waals surface area contributed by atoms with Crippen LogP contribution in [0.3, 0.4) is 0 Å². The second-order valence-electron chi connectivity index (χ2n) is 5.27. The highest BCUT2D eigenvalue weighted by molar-refractivity contribution is 8.18. The van der Waals surface area contributed by atoms with Crippen LogP contribution in [0.4, 0.5) is 9.18 Å². The quantitative estimate of drug-likeness (QED) is 0.802. The Bertz CT molecular complexity index is 835. The number of benzene rings is 2. The van der Waals surface area contributed by atoms with Gasteiger partial charge in [0.15, 0.2) is 0 Å². The maximum atomic E-state index is 13.6. The smallest absolute Gasteiger partial charge is 0.290 e. The third-order valence-corrected chi connectivity index (χ3v) is 4.30. The number of rotatable bonds is 5. The molecule has 1 heterocycles. The molecule has 1 aliphatic heterocycles. The molecule has 1 aliphatic rings. The van der Waals surface area contributed by atoms with E-state index < -0.39 is 23.1 Å². The van der Waals surface area contributed by atoms with Crippen molar-refractivity contribution < 1.29 is 23.8 Å². The van der Waals surface area contributed by atoms with Crippen molar-refractivity contribution in [2.45, 2.75) is 6.10 Å². The summed E-state index contributed by atoms with van der Waals surface area (Å²) in [6.45, 7) is -0.0892. The number of amides is 2. The van der Waals surface area contributed by atoms with Gasteiger partial charge in [-0.1, -0.05) is 30.3 Å². The van der Waals surface area contributed by atoms with E-state index in [9.17, 15) is 19.1 Å². The molecule has 2 aromatic rings. The summed E-state index contributed by atoms with van der Waals surface area (Å²) >= 11 is 0.848. The molecule has 2 aromatic carbocycles. The third kappa shape index (κ3) is 4.26. The minimum atomic E-state index is -1.08. The van der Waals surface area contributed by atoms with Gasteiger partial charge >= 0.3 is 0 Å². The number of aliphatic hydroxyl groups excluding tert-OH is 1. The Labute approximate surface area is 147 Å². The van der Waals surface area contributed by atoms with Gasteiger partial charge in [0.1, 0.15) is 24.3 Å². The zero-order valence-corrected chi connectivity index (χ0v) is 13.8. The van der Waals surface area contributed by atoms with Gasteiger partial charge in [0.2, 0.25) is 0 Å². The molecule has 2 amide bonds. The predicted octanol–water partition coefficient (Wildman–Crippen LogP) is 3.26. The van der Waals surface area contributed by atoms with E-state index in [0.29, 0.717) is 10.7 Å². The van der Waals surface area contributed by atoms with Crippen molar-refractivity contribution in [3.05, 3.63) is 70.4 Å². The Balaban J connectivity index is 1.61. The Kier molecular flexibility index (Phi) is 5.16. The summed E-state index contributed by atoms with van der Waals surface area (Å²) in [5.41, 5.74) is 0.909. The Morgan fingerprint density at radius 2 is 1.88 bits per heavy atom. The molecule has 1 saturated heterocycles. The lowest BCUT2D eigenvalue weighted by atomic mass is 10.1. The fourth-order valence-electron chi connectivity index (χ4n) is 2.24. The zero-order valence-electron chi connectivity index (χ0n) is 12.9. The first-order chi connectivity index (χ1) is 12.0. The molecule has 0 spiro atoms. The highest BCUT2D eigenvalue weighted by atomic mass is 32.2. The van der Waals surface area contributed by atoms with E-state index in [1.165, 1.54) is 12.1 Å². The molecule has 0 aromatic heterocycles. The lowest BCUT2D eigenvalue weighted by Gasteiger charge is -2.13. The fraction of sp³-hybridized carbons (Fsp3) is 0.111. The molecule has 2 N–H and O–H groups in total. The number of imide groups is 1. The second kappa shape index (κ2) is 7.50. The minimum absolute atomic E-state index is 0.0892. The van der Waals surface area contributed by atoms with Gasteiger partial charge in [-0.3, -0.25) is 14.9 Å². The van der Waals surface area contributed by atoms with E-state index in [2.05, 4.69) is 5.32 Å². The van der Waals surface area contributed by atoms with Gasteiger partial charge in [-0.2, -0.15) is 0 Å². The van der Waals surface area contributed by atoms with Crippen molar-refractivity contribution in [1.29, 1.82) is 0 Å². The van der Waals surface area contributed by atoms with Crippen molar-refractivity contribution in [2.75, 3.05) is 6.61 Å². The lowest BCUT2D eigenvalue weighted by Crippen LogP contribution is -2.17. The molecule has 7 heteroatoms. The summed E-state index contributed by atoms with van der Waals surface area (Å²) in [6.07, 6.45) is 0.524. The highest BCUT2D eigenvalue weighted by Crippen LogP contribution is 2.26. The molecule has 3 rings (SSSR count). The van der Waals surface area contributed by atoms with Crippen LogP contribution in [0.1, 0.15) is 17.2 Å². The summed E-state index contributed by atoms with van der Waals surface area (Å²) in [5, 5.41) is 11.8. The summed E-state index contributed by atoms with van der Waals surface area (Å²) in [4.78, 5) is 22.9. The van der Waals surface area contributed by atoms with Crippen LogP contribution in [0.2, 0.25) is 0 Å². The number of aliphatic hydroxyl groups is 1. The molecule has 1 fully saturated rings. The van der Waals surface area contributed by atoms with E-state index in [1.807, 2.05) is 0 Å². The molecular formula is C18H14FNO4S. The van der Waals surface area contributed by atoms with E-state index in [4.69, 9.17) is 4.74 Å². The van der Waals surface area contributed by atoms with Crippen LogP contribution in [0, 0.1) is 5.82 Å². The fourth-order valence-corrected chi connectivity index (χ4v) is 2.93. The van der Waals surface area contributed by atoms with Gasteiger partial charge in [0.05, 0.1) is 4.91 Å². The average Bonchev–Trinajstić information content (AvgIpc) is 2.91. The summed E-state index contributed by atoms with van der Waals surface area (Å²) in [7, 11) is 0. The molecular weight excluding hydrogens is 345 g/mol. The topological polar surface area (TPSA) is 75.6 Å². The summed E-state index contributed by atoms with van der Waals surface area (Å²) < 4.78 is 19.1. The zero-order chi connectivity index (χ0) is 17.8. The monoisotopic (exact) mass is 359 g/mol. The van der Waals surface area contributed by atoms with Crippen LogP contribution in [-0.2, 0) is 4.79 Å². The molecule has 0 aliphatic carbocycles. The maximum Gasteiger partial charge on any atom is 0.290 e. The molecule has 25 heavy (non-hydrogen) atoms. The van der Waals surface area contributed by atoms with E-state index >= 15 is 0 Å². The molecule has 5 nitrogen and oxygen atoms in total. The number of thioether (sulfide) groups is 1.